The van der Waals surface area contributed by atoms with Gasteiger partial charge in [-0.15, -0.1) is 0 Å². The number of benzene rings is 2. The Bertz CT molecular complexity index is 1040. The Kier molecular flexibility index (Phi) is 5.34. The van der Waals surface area contributed by atoms with Gasteiger partial charge in [0.1, 0.15) is 0 Å². The van der Waals surface area contributed by atoms with Crippen LogP contribution in [0.15, 0.2) is 54.7 Å². The first-order valence-corrected chi connectivity index (χ1v) is 9.65. The van der Waals surface area contributed by atoms with E-state index in [1.807, 2.05) is 37.3 Å². The van der Waals surface area contributed by atoms with Crippen molar-refractivity contribution in [3.63, 3.8) is 0 Å². The molecular weight excluding hydrogens is 372 g/mol. The molecule has 1 atom stereocenters. The molecule has 2 aromatic carbocycles. The third-order valence-corrected chi connectivity index (χ3v) is 5.28. The van der Waals surface area contributed by atoms with Crippen LogP contribution in [0.3, 0.4) is 0 Å². The summed E-state index contributed by atoms with van der Waals surface area (Å²) in [5.74, 6) is -1.52. The number of aromatic nitrogens is 2. The van der Waals surface area contributed by atoms with Crippen molar-refractivity contribution >= 4 is 5.91 Å². The SMILES string of the molecule is Cc1ccc(-c2nccc([C@@H]3CCCN(C(=O)c4ccc(F)c(F)c4)C3)n2)cc1. The highest BCUT2D eigenvalue weighted by atomic mass is 19.2. The van der Waals surface area contributed by atoms with Crippen molar-refractivity contribution in [1.82, 2.24) is 14.9 Å². The first-order valence-electron chi connectivity index (χ1n) is 9.65. The van der Waals surface area contributed by atoms with Gasteiger partial charge >= 0.3 is 0 Å². The predicted octanol–water partition coefficient (Wildman–Crippen LogP) is 4.75. The van der Waals surface area contributed by atoms with Crippen LogP contribution in [0.25, 0.3) is 11.4 Å². The molecule has 0 spiro atoms. The summed E-state index contributed by atoms with van der Waals surface area (Å²) in [5, 5.41) is 0. The zero-order chi connectivity index (χ0) is 20.4. The van der Waals surface area contributed by atoms with E-state index in [1.165, 1.54) is 11.6 Å². The molecule has 1 saturated heterocycles. The Labute approximate surface area is 168 Å². The normalized spacial score (nSPS) is 16.7. The fourth-order valence-corrected chi connectivity index (χ4v) is 3.66. The zero-order valence-corrected chi connectivity index (χ0v) is 16.1. The van der Waals surface area contributed by atoms with Crippen molar-refractivity contribution < 1.29 is 13.6 Å². The second-order valence-corrected chi connectivity index (χ2v) is 7.39. The van der Waals surface area contributed by atoms with E-state index in [4.69, 9.17) is 4.98 Å². The van der Waals surface area contributed by atoms with Crippen LogP contribution in [0.5, 0.6) is 0 Å². The fourth-order valence-electron chi connectivity index (χ4n) is 3.66. The second-order valence-electron chi connectivity index (χ2n) is 7.39. The number of hydrogen-bond acceptors (Lipinski definition) is 3. The van der Waals surface area contributed by atoms with Crippen molar-refractivity contribution in [1.29, 1.82) is 0 Å². The molecule has 0 radical (unpaired) electrons. The summed E-state index contributed by atoms with van der Waals surface area (Å²) < 4.78 is 26.7. The minimum absolute atomic E-state index is 0.0743. The molecule has 0 unspecified atom stereocenters. The largest absolute Gasteiger partial charge is 0.338 e. The minimum Gasteiger partial charge on any atom is -0.338 e. The molecule has 29 heavy (non-hydrogen) atoms. The number of amides is 1. The highest BCUT2D eigenvalue weighted by molar-refractivity contribution is 5.94. The highest BCUT2D eigenvalue weighted by Crippen LogP contribution is 2.28. The van der Waals surface area contributed by atoms with Gasteiger partial charge < -0.3 is 4.90 Å². The van der Waals surface area contributed by atoms with Gasteiger partial charge in [0.25, 0.3) is 5.91 Å². The van der Waals surface area contributed by atoms with Gasteiger partial charge in [-0.2, -0.15) is 0 Å². The monoisotopic (exact) mass is 393 g/mol. The molecule has 2 heterocycles. The van der Waals surface area contributed by atoms with E-state index < -0.39 is 11.6 Å². The van der Waals surface area contributed by atoms with Crippen LogP contribution in [0.1, 0.15) is 40.4 Å². The Hall–Kier alpha value is -3.15. The van der Waals surface area contributed by atoms with Crippen LogP contribution < -0.4 is 0 Å². The standard InChI is InChI=1S/C23H21F2N3O/c1-15-4-6-16(7-5-15)22-26-11-10-21(27-22)18-3-2-12-28(14-18)23(29)17-8-9-19(24)20(25)13-17/h4-11,13,18H,2-3,12,14H2,1H3/t18-/m1/s1. The number of likely N-dealkylation sites (tertiary alicyclic amines) is 1. The van der Waals surface area contributed by atoms with Gasteiger partial charge in [0.05, 0.1) is 0 Å². The first kappa shape index (κ1) is 19.2. The van der Waals surface area contributed by atoms with Crippen LogP contribution in [0, 0.1) is 18.6 Å². The number of aryl methyl sites for hydroxylation is 1. The molecule has 0 aliphatic carbocycles. The van der Waals surface area contributed by atoms with Crippen molar-refractivity contribution in [3.8, 4) is 11.4 Å². The number of nitrogens with zero attached hydrogens (tertiary/aromatic N) is 3. The van der Waals surface area contributed by atoms with E-state index >= 15 is 0 Å². The lowest BCUT2D eigenvalue weighted by Gasteiger charge is -2.32. The molecule has 3 aromatic rings. The highest BCUT2D eigenvalue weighted by Gasteiger charge is 2.27. The smallest absolute Gasteiger partial charge is 0.253 e. The maximum Gasteiger partial charge on any atom is 0.253 e. The van der Waals surface area contributed by atoms with Crippen molar-refractivity contribution in [2.45, 2.75) is 25.7 Å². The molecule has 4 rings (SSSR count). The molecule has 1 aromatic heterocycles. The summed E-state index contributed by atoms with van der Waals surface area (Å²) in [6.45, 7) is 3.11. The summed E-state index contributed by atoms with van der Waals surface area (Å²) >= 11 is 0. The van der Waals surface area contributed by atoms with Gasteiger partial charge in [-0.05, 0) is 44.0 Å². The molecule has 148 valence electrons. The lowest BCUT2D eigenvalue weighted by atomic mass is 9.94. The van der Waals surface area contributed by atoms with Crippen molar-refractivity contribution in [3.05, 3.63) is 83.2 Å². The molecule has 1 aliphatic rings. The van der Waals surface area contributed by atoms with E-state index in [2.05, 4.69) is 4.98 Å². The topological polar surface area (TPSA) is 46.1 Å². The van der Waals surface area contributed by atoms with Gasteiger partial charge in [-0.1, -0.05) is 29.8 Å². The maximum atomic E-state index is 13.5. The molecule has 1 fully saturated rings. The zero-order valence-electron chi connectivity index (χ0n) is 16.1. The van der Waals surface area contributed by atoms with Crippen LogP contribution >= 0.6 is 0 Å². The number of rotatable bonds is 3. The van der Waals surface area contributed by atoms with E-state index in [0.717, 1.165) is 36.2 Å². The summed E-state index contributed by atoms with van der Waals surface area (Å²) in [6.07, 6.45) is 3.48. The van der Waals surface area contributed by atoms with E-state index in [9.17, 15) is 13.6 Å². The van der Waals surface area contributed by atoms with Gasteiger partial charge in [0.15, 0.2) is 17.5 Å². The number of hydrogen-bond donors (Lipinski definition) is 0. The molecule has 6 heteroatoms. The summed E-state index contributed by atoms with van der Waals surface area (Å²) in [6, 6.07) is 13.2. The number of halogens is 2. The van der Waals surface area contributed by atoms with Gasteiger partial charge in [-0.3, -0.25) is 4.79 Å². The van der Waals surface area contributed by atoms with Crippen LogP contribution in [-0.4, -0.2) is 33.9 Å². The van der Waals surface area contributed by atoms with Crippen LogP contribution in [-0.2, 0) is 0 Å². The molecule has 0 saturated carbocycles. The molecule has 4 nitrogen and oxygen atoms in total. The summed E-state index contributed by atoms with van der Waals surface area (Å²) in [7, 11) is 0. The second kappa shape index (κ2) is 8.07. The van der Waals surface area contributed by atoms with E-state index in [-0.39, 0.29) is 17.4 Å². The third-order valence-electron chi connectivity index (χ3n) is 5.28. The third kappa shape index (κ3) is 4.16. The van der Waals surface area contributed by atoms with E-state index in [1.54, 1.807) is 11.1 Å². The number of carbonyl (C=O) groups is 1. The van der Waals surface area contributed by atoms with Gasteiger partial charge in [0.2, 0.25) is 0 Å². The molecule has 1 aliphatic heterocycles. The van der Waals surface area contributed by atoms with Gasteiger partial charge in [-0.25, -0.2) is 18.7 Å². The molecule has 1 amide bonds. The Morgan fingerprint density at radius 3 is 2.62 bits per heavy atom. The Morgan fingerprint density at radius 1 is 1.07 bits per heavy atom. The average Bonchev–Trinajstić information content (AvgIpc) is 2.76. The maximum absolute atomic E-state index is 13.5. The molecule has 0 bridgehead atoms. The Balaban J connectivity index is 1.54. The number of carbonyl (C=O) groups excluding carboxylic acids is 1. The van der Waals surface area contributed by atoms with E-state index in [0.29, 0.717) is 18.9 Å². The van der Waals surface area contributed by atoms with Crippen LogP contribution in [0.2, 0.25) is 0 Å². The predicted molar refractivity (Wildman–Crippen MR) is 106 cm³/mol. The lowest BCUT2D eigenvalue weighted by Crippen LogP contribution is -2.39. The van der Waals surface area contributed by atoms with Crippen molar-refractivity contribution in [2.24, 2.45) is 0 Å². The summed E-state index contributed by atoms with van der Waals surface area (Å²) in [4.78, 5) is 23.6. The Morgan fingerprint density at radius 2 is 1.86 bits per heavy atom. The average molecular weight is 393 g/mol. The first-order chi connectivity index (χ1) is 14.0. The quantitative estimate of drug-likeness (QED) is 0.645. The summed E-state index contributed by atoms with van der Waals surface area (Å²) in [5.41, 5.74) is 3.16. The van der Waals surface area contributed by atoms with Crippen LogP contribution in [0.4, 0.5) is 8.78 Å². The van der Waals surface area contributed by atoms with Crippen molar-refractivity contribution in [2.75, 3.05) is 13.1 Å². The lowest BCUT2D eigenvalue weighted by molar-refractivity contribution is 0.0705. The fraction of sp³-hybridized carbons (Fsp3) is 0.261. The molecule has 0 N–H and O–H groups in total. The molecular formula is C23H21F2N3O. The minimum atomic E-state index is -1.01. The van der Waals surface area contributed by atoms with Gasteiger partial charge in [0, 0.05) is 42.0 Å². The number of piperidine rings is 1.